The number of amides is 1. The van der Waals surface area contributed by atoms with Gasteiger partial charge in [-0.15, -0.1) is 22.7 Å². The van der Waals surface area contributed by atoms with Gasteiger partial charge in [0.25, 0.3) is 5.91 Å². The zero-order chi connectivity index (χ0) is 19.7. The first-order valence-electron chi connectivity index (χ1n) is 8.40. The Hall–Kier alpha value is -2.91. The Bertz CT molecular complexity index is 1130. The molecule has 142 valence electrons. The fourth-order valence-electron chi connectivity index (χ4n) is 2.71. The summed E-state index contributed by atoms with van der Waals surface area (Å²) in [5, 5.41) is 10.4. The van der Waals surface area contributed by atoms with Gasteiger partial charge in [-0.2, -0.15) is 5.10 Å². The van der Waals surface area contributed by atoms with Crippen molar-refractivity contribution in [3.8, 4) is 15.6 Å². The number of rotatable bonds is 5. The second-order valence-electron chi connectivity index (χ2n) is 5.82. The molecule has 3 aromatic heterocycles. The van der Waals surface area contributed by atoms with E-state index in [2.05, 4.69) is 15.4 Å². The molecule has 0 aliphatic carbocycles. The zero-order valence-electron chi connectivity index (χ0n) is 14.6. The molecule has 0 fully saturated rings. The molecule has 9 heteroatoms. The van der Waals surface area contributed by atoms with E-state index >= 15 is 0 Å². The Labute approximate surface area is 167 Å². The predicted molar refractivity (Wildman–Crippen MR) is 106 cm³/mol. The monoisotopic (exact) mass is 416 g/mol. The van der Waals surface area contributed by atoms with Gasteiger partial charge >= 0.3 is 0 Å². The first-order valence-corrected chi connectivity index (χ1v) is 10.1. The molecule has 0 aliphatic heterocycles. The minimum absolute atomic E-state index is 0.333. The molecule has 0 spiro atoms. The van der Waals surface area contributed by atoms with Crippen molar-refractivity contribution >= 4 is 33.6 Å². The molecule has 0 aliphatic rings. The summed E-state index contributed by atoms with van der Waals surface area (Å²) in [6.07, 6.45) is 4.36. The summed E-state index contributed by atoms with van der Waals surface area (Å²) in [4.78, 5) is 17.5. The van der Waals surface area contributed by atoms with E-state index in [1.165, 1.54) is 34.8 Å². The number of carbonyl (C=O) groups is 1. The molecule has 28 heavy (non-hydrogen) atoms. The molecular weight excluding hydrogens is 402 g/mol. The topological polar surface area (TPSA) is 59.8 Å². The van der Waals surface area contributed by atoms with Crippen molar-refractivity contribution in [2.24, 2.45) is 0 Å². The second kappa shape index (κ2) is 7.61. The fraction of sp³-hybridized carbons (Fsp3) is 0.105. The Balaban J connectivity index is 1.60. The fourth-order valence-corrected chi connectivity index (χ4v) is 4.21. The average molecular weight is 416 g/mol. The molecule has 4 rings (SSSR count). The molecule has 4 aromatic rings. The molecule has 3 heterocycles. The standard InChI is InChI=1S/C19H14F2N4OS2/c1-2-14-12(10-25(24-14)19-22-8-9-27-19)15-6-7-16(28-15)23-18(26)11-4-3-5-13(20)17(11)21/h3-10H,2H2,1H3,(H,23,26). The minimum Gasteiger partial charge on any atom is -0.313 e. The van der Waals surface area contributed by atoms with Crippen molar-refractivity contribution in [1.82, 2.24) is 14.8 Å². The van der Waals surface area contributed by atoms with E-state index in [9.17, 15) is 13.6 Å². The maximum Gasteiger partial charge on any atom is 0.259 e. The van der Waals surface area contributed by atoms with Crippen LogP contribution in [0.25, 0.3) is 15.6 Å². The number of nitrogens with one attached hydrogen (secondary N) is 1. The van der Waals surface area contributed by atoms with Crippen LogP contribution in [0.15, 0.2) is 48.1 Å². The van der Waals surface area contributed by atoms with E-state index in [4.69, 9.17) is 0 Å². The van der Waals surface area contributed by atoms with Gasteiger partial charge in [0, 0.05) is 28.2 Å². The number of thiophene rings is 1. The van der Waals surface area contributed by atoms with Gasteiger partial charge in [0.2, 0.25) is 5.13 Å². The second-order valence-corrected chi connectivity index (χ2v) is 7.78. The number of nitrogens with zero attached hydrogens (tertiary/aromatic N) is 3. The van der Waals surface area contributed by atoms with Crippen LogP contribution in [0.4, 0.5) is 13.8 Å². The van der Waals surface area contributed by atoms with Crippen LogP contribution in [0, 0.1) is 11.6 Å². The number of halogens is 2. The lowest BCUT2D eigenvalue weighted by molar-refractivity contribution is 0.102. The number of aromatic nitrogens is 3. The maximum atomic E-state index is 13.8. The van der Waals surface area contributed by atoms with Crippen LogP contribution in [0.1, 0.15) is 23.0 Å². The summed E-state index contributed by atoms with van der Waals surface area (Å²) < 4.78 is 28.9. The van der Waals surface area contributed by atoms with E-state index in [0.29, 0.717) is 5.00 Å². The number of carbonyl (C=O) groups excluding carboxylic acids is 1. The normalized spacial score (nSPS) is 11.0. The maximum absolute atomic E-state index is 13.8. The van der Waals surface area contributed by atoms with Crippen molar-refractivity contribution in [1.29, 1.82) is 0 Å². The van der Waals surface area contributed by atoms with Gasteiger partial charge in [0.15, 0.2) is 11.6 Å². The van der Waals surface area contributed by atoms with Crippen molar-refractivity contribution in [3.05, 3.63) is 71.0 Å². The highest BCUT2D eigenvalue weighted by Gasteiger charge is 2.17. The summed E-state index contributed by atoms with van der Waals surface area (Å²) in [6.45, 7) is 2.01. The lowest BCUT2D eigenvalue weighted by atomic mass is 10.2. The van der Waals surface area contributed by atoms with Gasteiger partial charge in [-0.25, -0.2) is 18.4 Å². The van der Waals surface area contributed by atoms with Gasteiger partial charge in [-0.05, 0) is 30.7 Å². The summed E-state index contributed by atoms with van der Waals surface area (Å²) in [6, 6.07) is 7.12. The number of anilines is 1. The Kier molecular flexibility index (Phi) is 5.01. The lowest BCUT2D eigenvalue weighted by Gasteiger charge is -2.04. The quantitative estimate of drug-likeness (QED) is 0.489. The predicted octanol–water partition coefficient (Wildman–Crippen LogP) is 5.15. The Morgan fingerprint density at radius 1 is 1.25 bits per heavy atom. The summed E-state index contributed by atoms with van der Waals surface area (Å²) >= 11 is 2.83. The third-order valence-electron chi connectivity index (χ3n) is 4.05. The third-order valence-corrected chi connectivity index (χ3v) is 5.84. The highest BCUT2D eigenvalue weighted by molar-refractivity contribution is 7.19. The van der Waals surface area contributed by atoms with Crippen LogP contribution in [0.2, 0.25) is 0 Å². The van der Waals surface area contributed by atoms with Crippen LogP contribution in [-0.2, 0) is 6.42 Å². The number of aryl methyl sites for hydroxylation is 1. The van der Waals surface area contributed by atoms with Gasteiger partial charge in [0.05, 0.1) is 16.3 Å². The number of benzene rings is 1. The van der Waals surface area contributed by atoms with E-state index in [1.54, 1.807) is 16.9 Å². The first kappa shape index (κ1) is 18.5. The molecular formula is C19H14F2N4OS2. The van der Waals surface area contributed by atoms with Gasteiger partial charge < -0.3 is 5.32 Å². The van der Waals surface area contributed by atoms with Crippen molar-refractivity contribution in [3.63, 3.8) is 0 Å². The molecule has 0 unspecified atom stereocenters. The largest absolute Gasteiger partial charge is 0.313 e. The summed E-state index contributed by atoms with van der Waals surface area (Å²) in [7, 11) is 0. The number of thiazole rings is 1. The van der Waals surface area contributed by atoms with Crippen LogP contribution >= 0.6 is 22.7 Å². The highest BCUT2D eigenvalue weighted by atomic mass is 32.1. The smallest absolute Gasteiger partial charge is 0.259 e. The van der Waals surface area contributed by atoms with E-state index in [-0.39, 0.29) is 5.56 Å². The minimum atomic E-state index is -1.16. The first-order chi connectivity index (χ1) is 13.6. The molecule has 0 saturated carbocycles. The van der Waals surface area contributed by atoms with Crippen LogP contribution < -0.4 is 5.32 Å². The molecule has 5 nitrogen and oxygen atoms in total. The number of hydrogen-bond acceptors (Lipinski definition) is 5. The van der Waals surface area contributed by atoms with Crippen molar-refractivity contribution < 1.29 is 13.6 Å². The van der Waals surface area contributed by atoms with Crippen LogP contribution in [-0.4, -0.2) is 20.7 Å². The van der Waals surface area contributed by atoms with Crippen molar-refractivity contribution in [2.75, 3.05) is 5.32 Å². The molecule has 0 atom stereocenters. The molecule has 1 amide bonds. The van der Waals surface area contributed by atoms with E-state index in [0.717, 1.165) is 33.8 Å². The van der Waals surface area contributed by atoms with Crippen LogP contribution in [0.3, 0.4) is 0 Å². The molecule has 0 bridgehead atoms. The average Bonchev–Trinajstić information content (AvgIpc) is 3.43. The SMILES string of the molecule is CCc1nn(-c2nccs2)cc1-c1ccc(NC(=O)c2cccc(F)c2F)s1. The van der Waals surface area contributed by atoms with Crippen molar-refractivity contribution in [2.45, 2.75) is 13.3 Å². The third kappa shape index (κ3) is 3.46. The van der Waals surface area contributed by atoms with E-state index < -0.39 is 17.5 Å². The number of hydrogen-bond donors (Lipinski definition) is 1. The Morgan fingerprint density at radius 3 is 2.86 bits per heavy atom. The lowest BCUT2D eigenvalue weighted by Crippen LogP contribution is -2.13. The highest BCUT2D eigenvalue weighted by Crippen LogP contribution is 2.34. The van der Waals surface area contributed by atoms with Gasteiger partial charge in [-0.3, -0.25) is 4.79 Å². The van der Waals surface area contributed by atoms with Crippen LogP contribution in [0.5, 0.6) is 0 Å². The van der Waals surface area contributed by atoms with E-state index in [1.807, 2.05) is 24.6 Å². The molecule has 0 radical (unpaired) electrons. The summed E-state index contributed by atoms with van der Waals surface area (Å²) in [5.41, 5.74) is 1.52. The van der Waals surface area contributed by atoms with Gasteiger partial charge in [0.1, 0.15) is 0 Å². The zero-order valence-corrected chi connectivity index (χ0v) is 16.3. The Morgan fingerprint density at radius 2 is 2.11 bits per heavy atom. The molecule has 1 N–H and O–H groups in total. The molecule has 0 saturated heterocycles. The van der Waals surface area contributed by atoms with Gasteiger partial charge in [-0.1, -0.05) is 13.0 Å². The summed E-state index contributed by atoms with van der Waals surface area (Å²) in [5.74, 6) is -2.91. The molecule has 1 aromatic carbocycles.